The number of hydrogen-bond acceptors (Lipinski definition) is 5. The van der Waals surface area contributed by atoms with Gasteiger partial charge in [-0.25, -0.2) is 9.78 Å². The highest BCUT2D eigenvalue weighted by Crippen LogP contribution is 2.30. The van der Waals surface area contributed by atoms with Gasteiger partial charge in [0.25, 0.3) is 0 Å². The first-order valence-electron chi connectivity index (χ1n) is 7.01. The van der Waals surface area contributed by atoms with Crippen LogP contribution < -0.4 is 0 Å². The molecule has 0 bridgehead atoms. The highest BCUT2D eigenvalue weighted by molar-refractivity contribution is 7.13. The van der Waals surface area contributed by atoms with Gasteiger partial charge in [0.2, 0.25) is 5.91 Å². The molecule has 1 saturated heterocycles. The molecule has 0 saturated carbocycles. The first-order valence-corrected chi connectivity index (χ1v) is 7.89. The molecule has 6 nitrogen and oxygen atoms in total. The smallest absolute Gasteiger partial charge is 0.329 e. The summed E-state index contributed by atoms with van der Waals surface area (Å²) in [5, 5.41) is 12.0. The van der Waals surface area contributed by atoms with Crippen molar-refractivity contribution in [1.82, 2.24) is 9.88 Å². The number of nitrogens with zero attached hydrogens (tertiary/aromatic N) is 2. The molecule has 3 heterocycles. The predicted molar refractivity (Wildman–Crippen MR) is 80.5 cm³/mol. The molecule has 0 spiro atoms. The molecular formula is C15H16N2O4S. The number of aromatic nitrogens is 1. The maximum atomic E-state index is 12.4. The van der Waals surface area contributed by atoms with Crippen molar-refractivity contribution in [2.45, 2.75) is 31.7 Å². The minimum atomic E-state index is -1.10. The Balaban J connectivity index is 1.73. The Hall–Kier alpha value is -2.15. The molecule has 1 atom stereocenters. The zero-order chi connectivity index (χ0) is 15.7. The van der Waals surface area contributed by atoms with Crippen molar-refractivity contribution in [3.63, 3.8) is 0 Å². The van der Waals surface area contributed by atoms with Gasteiger partial charge in [0.1, 0.15) is 16.8 Å². The maximum Gasteiger partial charge on any atom is 0.329 e. The van der Waals surface area contributed by atoms with E-state index in [1.165, 1.54) is 16.2 Å². The Kier molecular flexibility index (Phi) is 3.74. The lowest BCUT2D eigenvalue weighted by Crippen LogP contribution is -2.51. The van der Waals surface area contributed by atoms with Gasteiger partial charge in [-0.3, -0.25) is 4.79 Å². The van der Waals surface area contributed by atoms with E-state index in [2.05, 4.69) is 4.98 Å². The number of rotatable bonds is 4. The molecule has 1 aliphatic rings. The second-order valence-corrected chi connectivity index (χ2v) is 6.42. The molecule has 2 aromatic rings. The fourth-order valence-electron chi connectivity index (χ4n) is 2.74. The Morgan fingerprint density at radius 2 is 2.36 bits per heavy atom. The number of thiazole rings is 1. The SMILES string of the molecule is CC1(C(=O)O)CCCN1C(=O)Cc1csc(-c2ccoc2)n1. The molecule has 1 unspecified atom stereocenters. The van der Waals surface area contributed by atoms with E-state index in [9.17, 15) is 14.7 Å². The average Bonchev–Trinajstić information content (AvgIpc) is 3.17. The molecule has 1 amide bonds. The van der Waals surface area contributed by atoms with E-state index >= 15 is 0 Å². The summed E-state index contributed by atoms with van der Waals surface area (Å²) in [6.45, 7) is 2.10. The molecule has 2 aromatic heterocycles. The van der Waals surface area contributed by atoms with Crippen LogP contribution in [0, 0.1) is 0 Å². The highest BCUT2D eigenvalue weighted by atomic mass is 32.1. The molecular weight excluding hydrogens is 304 g/mol. The number of carboxylic acid groups (broad SMARTS) is 1. The molecule has 22 heavy (non-hydrogen) atoms. The van der Waals surface area contributed by atoms with Crippen molar-refractivity contribution in [2.24, 2.45) is 0 Å². The van der Waals surface area contributed by atoms with Gasteiger partial charge in [0.15, 0.2) is 0 Å². The third-order valence-corrected chi connectivity index (χ3v) is 5.00. The Morgan fingerprint density at radius 1 is 1.55 bits per heavy atom. The second kappa shape index (κ2) is 5.57. The van der Waals surface area contributed by atoms with Crippen LogP contribution in [0.5, 0.6) is 0 Å². The molecule has 1 fully saturated rings. The van der Waals surface area contributed by atoms with Crippen molar-refractivity contribution in [3.05, 3.63) is 29.7 Å². The second-order valence-electron chi connectivity index (χ2n) is 5.56. The van der Waals surface area contributed by atoms with Gasteiger partial charge < -0.3 is 14.4 Å². The normalized spacial score (nSPS) is 21.2. The Bertz CT molecular complexity index is 694. The van der Waals surface area contributed by atoms with Crippen molar-refractivity contribution in [3.8, 4) is 10.6 Å². The fourth-order valence-corrected chi connectivity index (χ4v) is 3.55. The van der Waals surface area contributed by atoms with Gasteiger partial charge in [0.05, 0.1) is 18.4 Å². The number of furan rings is 1. The van der Waals surface area contributed by atoms with Crippen LogP contribution in [-0.4, -0.2) is 39.0 Å². The first kappa shape index (κ1) is 14.8. The fraction of sp³-hybridized carbons (Fsp3) is 0.400. The molecule has 1 aliphatic heterocycles. The summed E-state index contributed by atoms with van der Waals surface area (Å²) in [5.41, 5.74) is 0.437. The van der Waals surface area contributed by atoms with E-state index in [-0.39, 0.29) is 12.3 Å². The summed E-state index contributed by atoms with van der Waals surface area (Å²) in [4.78, 5) is 29.8. The summed E-state index contributed by atoms with van der Waals surface area (Å²) < 4.78 is 5.02. The lowest BCUT2D eigenvalue weighted by atomic mass is 9.99. The standard InChI is InChI=1S/C15H16N2O4S/c1-15(14(19)20)4-2-5-17(15)12(18)7-11-9-22-13(16-11)10-3-6-21-8-10/h3,6,8-9H,2,4-5,7H2,1H3,(H,19,20). The van der Waals surface area contributed by atoms with Crippen LogP contribution in [0.4, 0.5) is 0 Å². The van der Waals surface area contributed by atoms with E-state index in [1.807, 2.05) is 11.4 Å². The maximum absolute atomic E-state index is 12.4. The zero-order valence-electron chi connectivity index (χ0n) is 12.1. The van der Waals surface area contributed by atoms with E-state index in [4.69, 9.17) is 4.42 Å². The van der Waals surface area contributed by atoms with Gasteiger partial charge in [0, 0.05) is 17.5 Å². The quantitative estimate of drug-likeness (QED) is 0.935. The van der Waals surface area contributed by atoms with Gasteiger partial charge in [-0.05, 0) is 25.8 Å². The topological polar surface area (TPSA) is 83.6 Å². The van der Waals surface area contributed by atoms with Crippen molar-refractivity contribution < 1.29 is 19.1 Å². The van der Waals surface area contributed by atoms with Gasteiger partial charge in [-0.2, -0.15) is 0 Å². The average molecular weight is 320 g/mol. The third-order valence-electron chi connectivity index (χ3n) is 4.06. The first-order chi connectivity index (χ1) is 10.5. The minimum absolute atomic E-state index is 0.122. The summed E-state index contributed by atoms with van der Waals surface area (Å²) >= 11 is 1.44. The Morgan fingerprint density at radius 3 is 3.05 bits per heavy atom. The summed E-state index contributed by atoms with van der Waals surface area (Å²) in [6.07, 6.45) is 4.50. The van der Waals surface area contributed by atoms with Crippen molar-refractivity contribution in [2.75, 3.05) is 6.54 Å². The molecule has 0 aliphatic carbocycles. The van der Waals surface area contributed by atoms with Gasteiger partial charge in [-0.15, -0.1) is 11.3 Å². The molecule has 116 valence electrons. The largest absolute Gasteiger partial charge is 0.480 e. The van der Waals surface area contributed by atoms with Crippen LogP contribution in [0.2, 0.25) is 0 Å². The van der Waals surface area contributed by atoms with E-state index < -0.39 is 11.5 Å². The number of aliphatic carboxylic acids is 1. The predicted octanol–water partition coefficient (Wildman–Crippen LogP) is 2.41. The monoisotopic (exact) mass is 320 g/mol. The minimum Gasteiger partial charge on any atom is -0.480 e. The lowest BCUT2D eigenvalue weighted by Gasteiger charge is -2.31. The van der Waals surface area contributed by atoms with Crippen LogP contribution in [0.1, 0.15) is 25.5 Å². The third kappa shape index (κ3) is 2.52. The Labute approximate surface area is 131 Å². The van der Waals surface area contributed by atoms with Crippen LogP contribution >= 0.6 is 11.3 Å². The number of carbonyl (C=O) groups is 2. The number of carbonyl (C=O) groups excluding carboxylic acids is 1. The van der Waals surface area contributed by atoms with Crippen molar-refractivity contribution >= 4 is 23.2 Å². The summed E-state index contributed by atoms with van der Waals surface area (Å²) in [7, 11) is 0. The lowest BCUT2D eigenvalue weighted by molar-refractivity contribution is -0.155. The molecule has 7 heteroatoms. The molecule has 0 radical (unpaired) electrons. The number of amides is 1. The van der Waals surface area contributed by atoms with Crippen LogP contribution in [0.15, 0.2) is 28.4 Å². The highest BCUT2D eigenvalue weighted by Gasteiger charge is 2.45. The van der Waals surface area contributed by atoms with E-state index in [0.29, 0.717) is 25.1 Å². The van der Waals surface area contributed by atoms with Crippen LogP contribution in [0.25, 0.3) is 10.6 Å². The number of carboxylic acids is 1. The van der Waals surface area contributed by atoms with Crippen LogP contribution in [0.3, 0.4) is 0 Å². The van der Waals surface area contributed by atoms with Gasteiger partial charge >= 0.3 is 5.97 Å². The summed E-state index contributed by atoms with van der Waals surface area (Å²) in [5.74, 6) is -1.14. The summed E-state index contributed by atoms with van der Waals surface area (Å²) in [6, 6.07) is 1.81. The van der Waals surface area contributed by atoms with E-state index in [0.717, 1.165) is 10.6 Å². The molecule has 3 rings (SSSR count). The molecule has 0 aromatic carbocycles. The molecule has 1 N–H and O–H groups in total. The number of hydrogen-bond donors (Lipinski definition) is 1. The van der Waals surface area contributed by atoms with Crippen LogP contribution in [-0.2, 0) is 16.0 Å². The van der Waals surface area contributed by atoms with Crippen molar-refractivity contribution in [1.29, 1.82) is 0 Å². The number of likely N-dealkylation sites (tertiary alicyclic amines) is 1. The van der Waals surface area contributed by atoms with Gasteiger partial charge in [-0.1, -0.05) is 0 Å². The van der Waals surface area contributed by atoms with E-state index in [1.54, 1.807) is 19.5 Å². The zero-order valence-corrected chi connectivity index (χ0v) is 12.9.